The highest BCUT2D eigenvalue weighted by molar-refractivity contribution is 6.39. The van der Waals surface area contributed by atoms with Crippen LogP contribution in [0.1, 0.15) is 44.1 Å². The summed E-state index contributed by atoms with van der Waals surface area (Å²) >= 11 is 5.99. The van der Waals surface area contributed by atoms with E-state index in [4.69, 9.17) is 11.6 Å². The van der Waals surface area contributed by atoms with Gasteiger partial charge in [-0.25, -0.2) is 0 Å². The number of amides is 2. The van der Waals surface area contributed by atoms with Crippen molar-refractivity contribution in [1.29, 1.82) is 0 Å². The van der Waals surface area contributed by atoms with Crippen molar-refractivity contribution in [3.05, 3.63) is 28.8 Å². The zero-order valence-electron chi connectivity index (χ0n) is 13.0. The van der Waals surface area contributed by atoms with Gasteiger partial charge in [-0.2, -0.15) is 0 Å². The first kappa shape index (κ1) is 16.8. The van der Waals surface area contributed by atoms with Gasteiger partial charge >= 0.3 is 11.8 Å². The molecular formula is C17H23ClN2O2. The number of halogens is 1. The van der Waals surface area contributed by atoms with Crippen molar-refractivity contribution in [1.82, 2.24) is 5.32 Å². The standard InChI is InChI=1S/C17H23ClN2O2/c1-12-7-8-14(11-15(12)18)20-17(22)16(21)19-10-9-13-5-3-2-4-6-13/h7-8,11,13H,2-6,9-10H2,1H3,(H,19,21)(H,20,22). The summed E-state index contributed by atoms with van der Waals surface area (Å²) < 4.78 is 0. The Morgan fingerprint density at radius 1 is 1.18 bits per heavy atom. The average Bonchev–Trinajstić information content (AvgIpc) is 2.52. The highest BCUT2D eigenvalue weighted by atomic mass is 35.5. The average molecular weight is 323 g/mol. The molecule has 0 radical (unpaired) electrons. The first-order chi connectivity index (χ1) is 10.6. The number of benzene rings is 1. The Balaban J connectivity index is 1.74. The van der Waals surface area contributed by atoms with Crippen molar-refractivity contribution in [3.8, 4) is 0 Å². The number of anilines is 1. The molecule has 0 unspecified atom stereocenters. The number of aryl methyl sites for hydroxylation is 1. The van der Waals surface area contributed by atoms with E-state index >= 15 is 0 Å². The molecule has 0 saturated heterocycles. The number of hydrogen-bond acceptors (Lipinski definition) is 2. The van der Waals surface area contributed by atoms with Gasteiger partial charge in [-0.1, -0.05) is 49.8 Å². The minimum absolute atomic E-state index is 0.531. The van der Waals surface area contributed by atoms with Crippen molar-refractivity contribution in [2.24, 2.45) is 5.92 Å². The van der Waals surface area contributed by atoms with Crippen molar-refractivity contribution in [2.45, 2.75) is 45.4 Å². The third kappa shape index (κ3) is 5.02. The fourth-order valence-electron chi connectivity index (χ4n) is 2.80. The maximum Gasteiger partial charge on any atom is 0.313 e. The maximum atomic E-state index is 11.8. The van der Waals surface area contributed by atoms with E-state index in [0.717, 1.165) is 12.0 Å². The van der Waals surface area contributed by atoms with Crippen LogP contribution in [0.3, 0.4) is 0 Å². The van der Waals surface area contributed by atoms with Crippen molar-refractivity contribution >= 4 is 29.1 Å². The van der Waals surface area contributed by atoms with Crippen LogP contribution in [-0.4, -0.2) is 18.4 Å². The maximum absolute atomic E-state index is 11.8. The zero-order valence-corrected chi connectivity index (χ0v) is 13.7. The minimum Gasteiger partial charge on any atom is -0.348 e. The van der Waals surface area contributed by atoms with Gasteiger partial charge < -0.3 is 10.6 Å². The topological polar surface area (TPSA) is 58.2 Å². The van der Waals surface area contributed by atoms with E-state index in [9.17, 15) is 9.59 Å². The molecule has 0 aromatic heterocycles. The summed E-state index contributed by atoms with van der Waals surface area (Å²) in [5.41, 5.74) is 1.46. The number of carbonyl (C=O) groups is 2. The van der Waals surface area contributed by atoms with E-state index in [1.54, 1.807) is 18.2 Å². The first-order valence-corrected chi connectivity index (χ1v) is 8.29. The van der Waals surface area contributed by atoms with E-state index in [0.29, 0.717) is 23.2 Å². The van der Waals surface area contributed by atoms with Crippen LogP contribution in [0.4, 0.5) is 5.69 Å². The van der Waals surface area contributed by atoms with Gasteiger partial charge in [0.1, 0.15) is 0 Å². The van der Waals surface area contributed by atoms with Gasteiger partial charge in [-0.3, -0.25) is 9.59 Å². The largest absolute Gasteiger partial charge is 0.348 e. The lowest BCUT2D eigenvalue weighted by atomic mass is 9.87. The van der Waals surface area contributed by atoms with Gasteiger partial charge in [-0.05, 0) is 37.0 Å². The normalized spacial score (nSPS) is 15.4. The van der Waals surface area contributed by atoms with Gasteiger partial charge in [0, 0.05) is 17.3 Å². The Morgan fingerprint density at radius 2 is 1.91 bits per heavy atom. The summed E-state index contributed by atoms with van der Waals surface area (Å²) in [5.74, 6) is -0.552. The number of rotatable bonds is 4. The van der Waals surface area contributed by atoms with Crippen LogP contribution >= 0.6 is 11.6 Å². The van der Waals surface area contributed by atoms with Gasteiger partial charge in [0.2, 0.25) is 0 Å². The van der Waals surface area contributed by atoms with Crippen molar-refractivity contribution < 1.29 is 9.59 Å². The number of carbonyl (C=O) groups excluding carboxylic acids is 2. The molecule has 22 heavy (non-hydrogen) atoms. The molecule has 1 saturated carbocycles. The van der Waals surface area contributed by atoms with E-state index in [1.165, 1.54) is 32.1 Å². The molecule has 0 bridgehead atoms. The van der Waals surface area contributed by atoms with E-state index < -0.39 is 11.8 Å². The number of nitrogens with one attached hydrogen (secondary N) is 2. The first-order valence-electron chi connectivity index (χ1n) is 7.91. The van der Waals surface area contributed by atoms with Crippen LogP contribution in [0.25, 0.3) is 0 Å². The van der Waals surface area contributed by atoms with E-state index in [2.05, 4.69) is 10.6 Å². The molecule has 2 rings (SSSR count). The van der Waals surface area contributed by atoms with Gasteiger partial charge in [0.15, 0.2) is 0 Å². The Kier molecular flexibility index (Phi) is 6.25. The molecule has 0 spiro atoms. The fraction of sp³-hybridized carbons (Fsp3) is 0.529. The van der Waals surface area contributed by atoms with E-state index in [-0.39, 0.29) is 0 Å². The van der Waals surface area contributed by atoms with Gasteiger partial charge in [0.25, 0.3) is 0 Å². The molecule has 1 aliphatic carbocycles. The lowest BCUT2D eigenvalue weighted by Gasteiger charge is -2.21. The molecule has 1 fully saturated rings. The predicted octanol–water partition coefficient (Wildman–Crippen LogP) is 3.67. The van der Waals surface area contributed by atoms with Crippen molar-refractivity contribution in [2.75, 3.05) is 11.9 Å². The Labute approximate surface area is 136 Å². The Hall–Kier alpha value is -1.55. The molecule has 1 aromatic rings. The predicted molar refractivity (Wildman–Crippen MR) is 89.0 cm³/mol. The summed E-state index contributed by atoms with van der Waals surface area (Å²) in [6.07, 6.45) is 7.33. The van der Waals surface area contributed by atoms with Gasteiger partial charge in [0.05, 0.1) is 0 Å². The quantitative estimate of drug-likeness (QED) is 0.831. The molecule has 5 heteroatoms. The summed E-state index contributed by atoms with van der Waals surface area (Å²) in [4.78, 5) is 23.6. The van der Waals surface area contributed by atoms with Crippen molar-refractivity contribution in [3.63, 3.8) is 0 Å². The second-order valence-corrected chi connectivity index (χ2v) is 6.37. The lowest BCUT2D eigenvalue weighted by molar-refractivity contribution is -0.136. The third-order valence-corrected chi connectivity index (χ3v) is 4.61. The molecule has 0 atom stereocenters. The van der Waals surface area contributed by atoms with Gasteiger partial charge in [-0.15, -0.1) is 0 Å². The lowest BCUT2D eigenvalue weighted by Crippen LogP contribution is -2.36. The molecule has 120 valence electrons. The zero-order chi connectivity index (χ0) is 15.9. The second-order valence-electron chi connectivity index (χ2n) is 5.97. The van der Waals surface area contributed by atoms with Crippen LogP contribution in [-0.2, 0) is 9.59 Å². The molecule has 4 nitrogen and oxygen atoms in total. The van der Waals surface area contributed by atoms with Crippen LogP contribution in [0.2, 0.25) is 5.02 Å². The third-order valence-electron chi connectivity index (χ3n) is 4.20. The van der Waals surface area contributed by atoms with Crippen LogP contribution in [0.5, 0.6) is 0 Å². The molecule has 0 aliphatic heterocycles. The SMILES string of the molecule is Cc1ccc(NC(=O)C(=O)NCCC2CCCCC2)cc1Cl. The van der Waals surface area contributed by atoms with E-state index in [1.807, 2.05) is 6.92 Å². The molecule has 1 aliphatic rings. The summed E-state index contributed by atoms with van der Waals surface area (Å²) in [5, 5.41) is 5.82. The summed E-state index contributed by atoms with van der Waals surface area (Å²) in [7, 11) is 0. The number of hydrogen-bond donors (Lipinski definition) is 2. The molecule has 2 N–H and O–H groups in total. The molecular weight excluding hydrogens is 300 g/mol. The fourth-order valence-corrected chi connectivity index (χ4v) is 2.98. The Bertz CT molecular complexity index is 539. The summed E-state index contributed by atoms with van der Waals surface area (Å²) in [6, 6.07) is 5.18. The second kappa shape index (κ2) is 8.18. The van der Waals surface area contributed by atoms with Crippen LogP contribution in [0.15, 0.2) is 18.2 Å². The smallest absolute Gasteiger partial charge is 0.313 e. The van der Waals surface area contributed by atoms with Crippen LogP contribution in [0, 0.1) is 12.8 Å². The summed E-state index contributed by atoms with van der Waals surface area (Å²) in [6.45, 7) is 2.44. The van der Waals surface area contributed by atoms with Crippen LogP contribution < -0.4 is 10.6 Å². The molecule has 0 heterocycles. The Morgan fingerprint density at radius 3 is 2.59 bits per heavy atom. The molecule has 1 aromatic carbocycles. The minimum atomic E-state index is -0.649. The highest BCUT2D eigenvalue weighted by Crippen LogP contribution is 2.25. The highest BCUT2D eigenvalue weighted by Gasteiger charge is 2.16. The molecule has 2 amide bonds. The monoisotopic (exact) mass is 322 g/mol.